The first-order valence-electron chi connectivity index (χ1n) is 9.70. The summed E-state index contributed by atoms with van der Waals surface area (Å²) in [6.45, 7) is 3.57. The van der Waals surface area contributed by atoms with Crippen molar-refractivity contribution in [2.24, 2.45) is 0 Å². The molecule has 1 fully saturated rings. The summed E-state index contributed by atoms with van der Waals surface area (Å²) in [5, 5.41) is 13.1. The third kappa shape index (κ3) is 5.04. The van der Waals surface area contributed by atoms with E-state index in [-0.39, 0.29) is 17.8 Å². The van der Waals surface area contributed by atoms with E-state index in [1.807, 2.05) is 31.3 Å². The second kappa shape index (κ2) is 9.51. The van der Waals surface area contributed by atoms with Gasteiger partial charge in [-0.15, -0.1) is 10.2 Å². The van der Waals surface area contributed by atoms with Crippen molar-refractivity contribution >= 4 is 34.1 Å². The number of nitrogens with zero attached hydrogens (tertiary/aromatic N) is 4. The second-order valence-electron chi connectivity index (χ2n) is 6.73. The van der Waals surface area contributed by atoms with Crippen LogP contribution < -0.4 is 5.32 Å². The molecular formula is C20H23N5O2S2. The Hall–Kier alpha value is -2.23. The number of aromatic nitrogens is 4. The molecule has 1 aromatic carbocycles. The Morgan fingerprint density at radius 2 is 2.21 bits per heavy atom. The number of imidazole rings is 1. The summed E-state index contributed by atoms with van der Waals surface area (Å²) < 4.78 is 8.01. The lowest BCUT2D eigenvalue weighted by molar-refractivity contribution is -0.113. The molecule has 1 N–H and O–H groups in total. The number of thioether (sulfide) groups is 1. The van der Waals surface area contributed by atoms with Gasteiger partial charge in [-0.25, -0.2) is 4.98 Å². The zero-order chi connectivity index (χ0) is 20.1. The van der Waals surface area contributed by atoms with Gasteiger partial charge in [0.05, 0.1) is 30.3 Å². The molecule has 152 valence electrons. The van der Waals surface area contributed by atoms with Crippen LogP contribution in [0.2, 0.25) is 0 Å². The van der Waals surface area contributed by atoms with Crippen molar-refractivity contribution in [3.8, 4) is 11.3 Å². The lowest BCUT2D eigenvalue weighted by atomic mass is 10.1. The molecule has 1 saturated heterocycles. The van der Waals surface area contributed by atoms with Crippen molar-refractivity contribution in [3.05, 3.63) is 41.5 Å². The quantitative estimate of drug-likeness (QED) is 0.548. The smallest absolute Gasteiger partial charge is 0.236 e. The SMILES string of the molecule is CCc1nnc(NC(=O)CSc2ncc(-c3ccccc3)n2CC2CCCO2)s1. The largest absolute Gasteiger partial charge is 0.376 e. The molecule has 1 atom stereocenters. The summed E-state index contributed by atoms with van der Waals surface area (Å²) in [7, 11) is 0. The van der Waals surface area contributed by atoms with Gasteiger partial charge in [0.1, 0.15) is 5.01 Å². The van der Waals surface area contributed by atoms with E-state index >= 15 is 0 Å². The van der Waals surface area contributed by atoms with Gasteiger partial charge in [0.25, 0.3) is 0 Å². The number of rotatable bonds is 8. The molecule has 3 aromatic rings. The number of carbonyl (C=O) groups excluding carboxylic acids is 1. The highest BCUT2D eigenvalue weighted by Crippen LogP contribution is 2.28. The molecule has 1 amide bonds. The third-order valence-corrected chi connectivity index (χ3v) is 6.62. The topological polar surface area (TPSA) is 81.9 Å². The average molecular weight is 430 g/mol. The van der Waals surface area contributed by atoms with Crippen LogP contribution in [0, 0.1) is 0 Å². The van der Waals surface area contributed by atoms with Gasteiger partial charge in [0, 0.05) is 6.61 Å². The first-order valence-corrected chi connectivity index (χ1v) is 11.5. The van der Waals surface area contributed by atoms with Crippen molar-refractivity contribution in [2.75, 3.05) is 17.7 Å². The van der Waals surface area contributed by atoms with Gasteiger partial charge < -0.3 is 9.30 Å². The number of carbonyl (C=O) groups is 1. The molecule has 0 spiro atoms. The number of hydrogen-bond donors (Lipinski definition) is 1. The van der Waals surface area contributed by atoms with Crippen LogP contribution in [0.25, 0.3) is 11.3 Å². The third-order valence-electron chi connectivity index (χ3n) is 4.65. The number of amides is 1. The van der Waals surface area contributed by atoms with Crippen LogP contribution in [0.3, 0.4) is 0 Å². The lowest BCUT2D eigenvalue weighted by Gasteiger charge is -2.16. The Bertz CT molecular complexity index is 951. The Balaban J connectivity index is 1.47. The fraction of sp³-hybridized carbons (Fsp3) is 0.400. The van der Waals surface area contributed by atoms with Gasteiger partial charge in [-0.3, -0.25) is 10.1 Å². The summed E-state index contributed by atoms with van der Waals surface area (Å²) in [4.78, 5) is 17.0. The standard InChI is InChI=1S/C20H23N5O2S2/c1-2-18-23-24-19(29-18)22-17(26)13-28-20-21-11-16(14-7-4-3-5-8-14)25(20)12-15-9-6-10-27-15/h3-5,7-8,11,15H,2,6,9-10,12-13H2,1H3,(H,22,24,26). The molecule has 9 heteroatoms. The first-order chi connectivity index (χ1) is 14.2. The monoisotopic (exact) mass is 429 g/mol. The minimum Gasteiger partial charge on any atom is -0.376 e. The minimum absolute atomic E-state index is 0.110. The number of benzene rings is 1. The normalized spacial score (nSPS) is 16.2. The van der Waals surface area contributed by atoms with E-state index in [0.29, 0.717) is 5.13 Å². The number of hydrogen-bond acceptors (Lipinski definition) is 7. The number of nitrogens with one attached hydrogen (secondary N) is 1. The Morgan fingerprint density at radius 3 is 2.93 bits per heavy atom. The van der Waals surface area contributed by atoms with Gasteiger partial charge in [-0.1, -0.05) is 60.4 Å². The molecule has 7 nitrogen and oxygen atoms in total. The first kappa shape index (κ1) is 20.1. The predicted octanol–water partition coefficient (Wildman–Crippen LogP) is 3.87. The highest BCUT2D eigenvalue weighted by atomic mass is 32.2. The second-order valence-corrected chi connectivity index (χ2v) is 8.73. The Labute approximate surface area is 177 Å². The van der Waals surface area contributed by atoms with Gasteiger partial charge in [-0.2, -0.15) is 0 Å². The highest BCUT2D eigenvalue weighted by molar-refractivity contribution is 7.99. The van der Waals surface area contributed by atoms with Crippen LogP contribution in [-0.4, -0.2) is 44.1 Å². The number of aryl methyl sites for hydroxylation is 1. The van der Waals surface area contributed by atoms with Crippen molar-refractivity contribution in [1.82, 2.24) is 19.7 Å². The average Bonchev–Trinajstić information content (AvgIpc) is 3.49. The molecule has 0 radical (unpaired) electrons. The van der Waals surface area contributed by atoms with E-state index in [1.165, 1.54) is 23.1 Å². The molecule has 2 aromatic heterocycles. The van der Waals surface area contributed by atoms with Gasteiger partial charge in [-0.05, 0) is 24.8 Å². The van der Waals surface area contributed by atoms with Crippen molar-refractivity contribution in [3.63, 3.8) is 0 Å². The fourth-order valence-electron chi connectivity index (χ4n) is 3.21. The maximum absolute atomic E-state index is 12.4. The van der Waals surface area contributed by atoms with E-state index in [0.717, 1.165) is 53.8 Å². The summed E-state index contributed by atoms with van der Waals surface area (Å²) >= 11 is 2.83. The van der Waals surface area contributed by atoms with Crippen LogP contribution in [0.4, 0.5) is 5.13 Å². The lowest BCUT2D eigenvalue weighted by Crippen LogP contribution is -2.18. The number of anilines is 1. The van der Waals surface area contributed by atoms with Gasteiger partial charge in [0.2, 0.25) is 11.0 Å². The van der Waals surface area contributed by atoms with Crippen LogP contribution in [0.1, 0.15) is 24.8 Å². The number of ether oxygens (including phenoxy) is 1. The minimum atomic E-state index is -0.110. The predicted molar refractivity (Wildman–Crippen MR) is 115 cm³/mol. The molecular weight excluding hydrogens is 406 g/mol. The van der Waals surface area contributed by atoms with Gasteiger partial charge >= 0.3 is 0 Å². The maximum Gasteiger partial charge on any atom is 0.236 e. The Kier molecular flexibility index (Phi) is 6.58. The zero-order valence-electron chi connectivity index (χ0n) is 16.2. The van der Waals surface area contributed by atoms with Crippen LogP contribution in [0.15, 0.2) is 41.7 Å². The van der Waals surface area contributed by atoms with Gasteiger partial charge in [0.15, 0.2) is 5.16 Å². The summed E-state index contributed by atoms with van der Waals surface area (Å²) in [5.74, 6) is 0.152. The molecule has 1 aliphatic rings. The Morgan fingerprint density at radius 1 is 1.34 bits per heavy atom. The molecule has 1 unspecified atom stereocenters. The van der Waals surface area contributed by atoms with E-state index in [4.69, 9.17) is 4.74 Å². The fourth-order valence-corrected chi connectivity index (χ4v) is 4.70. The molecule has 0 bridgehead atoms. The zero-order valence-corrected chi connectivity index (χ0v) is 17.8. The molecule has 1 aliphatic heterocycles. The van der Waals surface area contributed by atoms with Crippen LogP contribution in [0.5, 0.6) is 0 Å². The van der Waals surface area contributed by atoms with E-state index in [2.05, 4.69) is 37.2 Å². The molecule has 0 saturated carbocycles. The van der Waals surface area contributed by atoms with Crippen LogP contribution in [-0.2, 0) is 22.5 Å². The van der Waals surface area contributed by atoms with E-state index in [9.17, 15) is 4.79 Å². The van der Waals surface area contributed by atoms with Crippen molar-refractivity contribution in [1.29, 1.82) is 0 Å². The van der Waals surface area contributed by atoms with E-state index < -0.39 is 0 Å². The molecule has 29 heavy (non-hydrogen) atoms. The molecule has 0 aliphatic carbocycles. The summed E-state index contributed by atoms with van der Waals surface area (Å²) in [6.07, 6.45) is 5.02. The molecule has 3 heterocycles. The maximum atomic E-state index is 12.4. The van der Waals surface area contributed by atoms with Crippen LogP contribution >= 0.6 is 23.1 Å². The summed E-state index contributed by atoms with van der Waals surface area (Å²) in [5.41, 5.74) is 2.15. The molecule has 4 rings (SSSR count). The van der Waals surface area contributed by atoms with Crippen molar-refractivity contribution < 1.29 is 9.53 Å². The van der Waals surface area contributed by atoms with E-state index in [1.54, 1.807) is 0 Å². The van der Waals surface area contributed by atoms with Crippen molar-refractivity contribution in [2.45, 2.75) is 44.0 Å². The highest BCUT2D eigenvalue weighted by Gasteiger charge is 2.21. The summed E-state index contributed by atoms with van der Waals surface area (Å²) in [6, 6.07) is 10.2.